The average Bonchev–Trinajstić information content (AvgIpc) is 2.35. The maximum atomic E-state index is 12.0. The molecule has 1 amide bonds. The van der Waals surface area contributed by atoms with Gasteiger partial charge in [0.15, 0.2) is 0 Å². The van der Waals surface area contributed by atoms with Gasteiger partial charge < -0.3 is 20.5 Å². The van der Waals surface area contributed by atoms with Gasteiger partial charge >= 0.3 is 5.97 Å². The number of carboxylic acids is 1. The van der Waals surface area contributed by atoms with E-state index < -0.39 is 17.9 Å². The van der Waals surface area contributed by atoms with Crippen LogP contribution in [-0.2, 0) is 4.79 Å². The standard InChI is InChI=1S/C12H16N2O4/c1-7(12(16)17)14(2)11(15)8-4-5-10(18-3)9(13)6-8/h4-7H,13H2,1-3H3,(H,16,17)/t7-/m0/s1. The Bertz CT molecular complexity index is 473. The minimum absolute atomic E-state index is 0.323. The van der Waals surface area contributed by atoms with Crippen molar-refractivity contribution >= 4 is 17.6 Å². The average molecular weight is 252 g/mol. The number of rotatable bonds is 4. The lowest BCUT2D eigenvalue weighted by atomic mass is 10.1. The molecule has 0 aliphatic rings. The van der Waals surface area contributed by atoms with E-state index in [0.29, 0.717) is 17.0 Å². The molecule has 0 aliphatic heterocycles. The molecule has 0 unspecified atom stereocenters. The van der Waals surface area contributed by atoms with E-state index in [9.17, 15) is 9.59 Å². The number of anilines is 1. The van der Waals surface area contributed by atoms with Crippen molar-refractivity contribution in [1.82, 2.24) is 4.90 Å². The van der Waals surface area contributed by atoms with Crippen LogP contribution < -0.4 is 10.5 Å². The molecule has 0 radical (unpaired) electrons. The third-order valence-corrected chi connectivity index (χ3v) is 2.74. The van der Waals surface area contributed by atoms with Gasteiger partial charge in [-0.1, -0.05) is 0 Å². The van der Waals surface area contributed by atoms with E-state index in [-0.39, 0.29) is 0 Å². The first-order valence-corrected chi connectivity index (χ1v) is 5.32. The summed E-state index contributed by atoms with van der Waals surface area (Å²) in [6, 6.07) is 3.68. The highest BCUT2D eigenvalue weighted by Gasteiger charge is 2.23. The number of likely N-dealkylation sites (N-methyl/N-ethyl adjacent to an activating group) is 1. The second kappa shape index (κ2) is 5.39. The zero-order valence-electron chi connectivity index (χ0n) is 10.5. The molecule has 0 aromatic heterocycles. The summed E-state index contributed by atoms with van der Waals surface area (Å²) in [7, 11) is 2.91. The molecule has 1 aromatic carbocycles. The fourth-order valence-electron chi connectivity index (χ4n) is 1.41. The Kier molecular flexibility index (Phi) is 4.14. The fraction of sp³-hybridized carbons (Fsp3) is 0.333. The van der Waals surface area contributed by atoms with E-state index in [2.05, 4.69) is 0 Å². The number of nitrogens with two attached hydrogens (primary N) is 1. The first-order valence-electron chi connectivity index (χ1n) is 5.32. The fourth-order valence-corrected chi connectivity index (χ4v) is 1.41. The van der Waals surface area contributed by atoms with Gasteiger partial charge in [-0.3, -0.25) is 4.79 Å². The van der Waals surface area contributed by atoms with E-state index in [0.717, 1.165) is 4.90 Å². The molecule has 18 heavy (non-hydrogen) atoms. The van der Waals surface area contributed by atoms with Crippen LogP contribution >= 0.6 is 0 Å². The van der Waals surface area contributed by atoms with Crippen molar-refractivity contribution in [3.63, 3.8) is 0 Å². The van der Waals surface area contributed by atoms with Gasteiger partial charge in [-0.2, -0.15) is 0 Å². The van der Waals surface area contributed by atoms with E-state index in [1.807, 2.05) is 0 Å². The summed E-state index contributed by atoms with van der Waals surface area (Å²) in [4.78, 5) is 24.0. The molecule has 0 fully saturated rings. The lowest BCUT2D eigenvalue weighted by Crippen LogP contribution is -2.40. The van der Waals surface area contributed by atoms with Gasteiger partial charge in [0.2, 0.25) is 0 Å². The number of carboxylic acid groups (broad SMARTS) is 1. The Balaban J connectivity index is 2.97. The van der Waals surface area contributed by atoms with Crippen LogP contribution in [0.5, 0.6) is 5.75 Å². The molecule has 0 heterocycles. The lowest BCUT2D eigenvalue weighted by molar-refractivity contribution is -0.141. The molecule has 0 bridgehead atoms. The van der Waals surface area contributed by atoms with E-state index >= 15 is 0 Å². The van der Waals surface area contributed by atoms with Crippen LogP contribution in [0.4, 0.5) is 5.69 Å². The Hall–Kier alpha value is -2.24. The summed E-state index contributed by atoms with van der Waals surface area (Å²) >= 11 is 0. The minimum atomic E-state index is -1.06. The van der Waals surface area contributed by atoms with Crippen molar-refractivity contribution in [3.05, 3.63) is 23.8 Å². The molecule has 0 saturated heterocycles. The van der Waals surface area contributed by atoms with Gasteiger partial charge in [-0.15, -0.1) is 0 Å². The van der Waals surface area contributed by atoms with Crippen molar-refractivity contribution in [2.75, 3.05) is 19.9 Å². The number of ether oxygens (including phenoxy) is 1. The minimum Gasteiger partial charge on any atom is -0.495 e. The van der Waals surface area contributed by atoms with Crippen LogP contribution in [0, 0.1) is 0 Å². The Morgan fingerprint density at radius 2 is 2.06 bits per heavy atom. The van der Waals surface area contributed by atoms with Crippen molar-refractivity contribution in [2.24, 2.45) is 0 Å². The van der Waals surface area contributed by atoms with Crippen molar-refractivity contribution < 1.29 is 19.4 Å². The molecule has 1 aromatic rings. The number of carbonyl (C=O) groups is 2. The Morgan fingerprint density at radius 3 is 2.50 bits per heavy atom. The van der Waals surface area contributed by atoms with Gasteiger partial charge in [-0.05, 0) is 25.1 Å². The highest BCUT2D eigenvalue weighted by atomic mass is 16.5. The summed E-state index contributed by atoms with van der Waals surface area (Å²) in [6.45, 7) is 1.44. The SMILES string of the molecule is COc1ccc(C(=O)N(C)[C@@H](C)C(=O)O)cc1N. The van der Waals surface area contributed by atoms with Gasteiger partial charge in [-0.25, -0.2) is 4.79 Å². The molecular weight excluding hydrogens is 236 g/mol. The highest BCUT2D eigenvalue weighted by molar-refractivity contribution is 5.97. The lowest BCUT2D eigenvalue weighted by Gasteiger charge is -2.21. The molecule has 0 aliphatic carbocycles. The van der Waals surface area contributed by atoms with E-state index in [1.54, 1.807) is 12.1 Å². The molecule has 6 heteroatoms. The third kappa shape index (κ3) is 2.71. The van der Waals surface area contributed by atoms with Crippen LogP contribution in [0.1, 0.15) is 17.3 Å². The molecule has 6 nitrogen and oxygen atoms in total. The van der Waals surface area contributed by atoms with Crippen molar-refractivity contribution in [2.45, 2.75) is 13.0 Å². The molecule has 3 N–H and O–H groups in total. The Labute approximate surface area is 105 Å². The maximum Gasteiger partial charge on any atom is 0.326 e. The van der Waals surface area contributed by atoms with Crippen LogP contribution in [0.3, 0.4) is 0 Å². The normalized spacial score (nSPS) is 11.7. The molecule has 0 spiro atoms. The first-order chi connectivity index (χ1) is 8.38. The second-order valence-electron chi connectivity index (χ2n) is 3.89. The molecular formula is C12H16N2O4. The first kappa shape index (κ1) is 13.8. The molecule has 1 atom stereocenters. The third-order valence-electron chi connectivity index (χ3n) is 2.74. The number of amides is 1. The number of carbonyl (C=O) groups excluding carboxylic acids is 1. The molecule has 0 saturated carbocycles. The monoisotopic (exact) mass is 252 g/mol. The van der Waals surface area contributed by atoms with Gasteiger partial charge in [0.1, 0.15) is 11.8 Å². The number of methoxy groups -OCH3 is 1. The number of benzene rings is 1. The predicted molar refractivity (Wildman–Crippen MR) is 66.6 cm³/mol. The number of hydrogen-bond acceptors (Lipinski definition) is 4. The maximum absolute atomic E-state index is 12.0. The summed E-state index contributed by atoms with van der Waals surface area (Å²) < 4.78 is 4.98. The number of hydrogen-bond donors (Lipinski definition) is 2. The number of aliphatic carboxylic acids is 1. The van der Waals surface area contributed by atoms with Crippen LogP contribution in [0.2, 0.25) is 0 Å². The van der Waals surface area contributed by atoms with E-state index in [1.165, 1.54) is 27.1 Å². The highest BCUT2D eigenvalue weighted by Crippen LogP contribution is 2.22. The quantitative estimate of drug-likeness (QED) is 0.774. The predicted octanol–water partition coefficient (Wildman–Crippen LogP) is 0.823. The molecule has 1 rings (SSSR count). The largest absolute Gasteiger partial charge is 0.495 e. The van der Waals surface area contributed by atoms with Gasteiger partial charge in [0, 0.05) is 12.6 Å². The van der Waals surface area contributed by atoms with Crippen molar-refractivity contribution in [3.8, 4) is 5.75 Å². The summed E-state index contributed by atoms with van der Waals surface area (Å²) in [5.41, 5.74) is 6.35. The smallest absolute Gasteiger partial charge is 0.326 e. The summed E-state index contributed by atoms with van der Waals surface area (Å²) in [5.74, 6) is -0.993. The summed E-state index contributed by atoms with van der Waals surface area (Å²) in [6.07, 6.45) is 0. The van der Waals surface area contributed by atoms with Crippen LogP contribution in [-0.4, -0.2) is 42.1 Å². The van der Waals surface area contributed by atoms with Crippen LogP contribution in [0.15, 0.2) is 18.2 Å². The molecule has 98 valence electrons. The Morgan fingerprint density at radius 1 is 1.44 bits per heavy atom. The second-order valence-corrected chi connectivity index (χ2v) is 3.89. The zero-order valence-corrected chi connectivity index (χ0v) is 10.5. The number of nitrogen functional groups attached to an aromatic ring is 1. The van der Waals surface area contributed by atoms with Gasteiger partial charge in [0.25, 0.3) is 5.91 Å². The zero-order chi connectivity index (χ0) is 13.9. The topological polar surface area (TPSA) is 92.9 Å². The number of nitrogens with zero attached hydrogens (tertiary/aromatic N) is 1. The van der Waals surface area contributed by atoms with Crippen LogP contribution in [0.25, 0.3) is 0 Å². The van der Waals surface area contributed by atoms with E-state index in [4.69, 9.17) is 15.6 Å². The summed E-state index contributed by atoms with van der Waals surface area (Å²) in [5, 5.41) is 8.85. The van der Waals surface area contributed by atoms with Gasteiger partial charge in [0.05, 0.1) is 12.8 Å². The van der Waals surface area contributed by atoms with Crippen molar-refractivity contribution in [1.29, 1.82) is 0 Å².